The molecule has 0 saturated carbocycles. The summed E-state index contributed by atoms with van der Waals surface area (Å²) in [4.78, 5) is 28.6. The summed E-state index contributed by atoms with van der Waals surface area (Å²) in [6.45, 7) is 15.2. The molecule has 0 amide bonds. The molecule has 66 heavy (non-hydrogen) atoms. The van der Waals surface area contributed by atoms with Crippen LogP contribution in [0.15, 0.2) is 121 Å². The predicted molar refractivity (Wildman–Crippen MR) is 274 cm³/mol. The summed E-state index contributed by atoms with van der Waals surface area (Å²) in [5.41, 5.74) is 7.90. The van der Waals surface area contributed by atoms with Crippen molar-refractivity contribution in [1.82, 2.24) is 10.6 Å². The van der Waals surface area contributed by atoms with Gasteiger partial charge in [-0.3, -0.25) is 9.59 Å². The van der Waals surface area contributed by atoms with E-state index >= 15 is 0 Å². The Morgan fingerprint density at radius 1 is 0.561 bits per heavy atom. The summed E-state index contributed by atoms with van der Waals surface area (Å²) < 4.78 is 13.5. The number of halogens is 1. The molecule has 0 aliphatic carbocycles. The van der Waals surface area contributed by atoms with E-state index in [2.05, 4.69) is 24.5 Å². The van der Waals surface area contributed by atoms with E-state index in [4.69, 9.17) is 21.1 Å². The summed E-state index contributed by atoms with van der Waals surface area (Å²) in [6, 6.07) is 37.5. The molecule has 8 rings (SSSR count). The Morgan fingerprint density at radius 2 is 1.05 bits per heavy atom. The lowest BCUT2D eigenvalue weighted by Gasteiger charge is -2.10. The number of hydrogen-bond acceptors (Lipinski definition) is 10. The highest BCUT2D eigenvalue weighted by Gasteiger charge is 2.24. The second-order valence-electron chi connectivity index (χ2n) is 16.1. The molecule has 0 aliphatic heterocycles. The predicted octanol–water partition coefficient (Wildman–Crippen LogP) is 13.3. The Kier molecular flexibility index (Phi) is 16.3. The van der Waals surface area contributed by atoms with E-state index in [1.807, 2.05) is 106 Å². The maximum Gasteiger partial charge on any atom is 0.203 e. The number of ketones is 2. The lowest BCUT2D eigenvalue weighted by Crippen LogP contribution is -2.16. The number of phenols is 2. The van der Waals surface area contributed by atoms with Gasteiger partial charge in [-0.05, 0) is 155 Å². The van der Waals surface area contributed by atoms with Crippen molar-refractivity contribution in [1.29, 1.82) is 0 Å². The van der Waals surface area contributed by atoms with E-state index < -0.39 is 0 Å². The van der Waals surface area contributed by atoms with E-state index in [1.165, 1.54) is 22.7 Å². The monoisotopic (exact) mass is 938 g/mol. The summed E-state index contributed by atoms with van der Waals surface area (Å²) in [7, 11) is 0. The second kappa shape index (κ2) is 22.5. The van der Waals surface area contributed by atoms with Crippen molar-refractivity contribution in [3.8, 4) is 45.3 Å². The van der Waals surface area contributed by atoms with Gasteiger partial charge in [-0.2, -0.15) is 0 Å². The largest absolute Gasteiger partial charge is 0.508 e. The van der Waals surface area contributed by atoms with Gasteiger partial charge in [0.05, 0.1) is 23.0 Å². The van der Waals surface area contributed by atoms with Crippen molar-refractivity contribution in [2.75, 3.05) is 39.4 Å². The molecule has 8 aromatic rings. The van der Waals surface area contributed by atoms with Crippen molar-refractivity contribution < 1.29 is 29.3 Å². The molecule has 0 aliphatic rings. The van der Waals surface area contributed by atoms with E-state index in [0.717, 1.165) is 110 Å². The molecule has 0 saturated heterocycles. The SMILES string of the molecule is CCNCCCOc1ccc(-c2c(C(=O)c3cc(Cl)ccc3C)sc3cc(O)ccc23)cc1.CCNCCCOc1ccc(-c2c(C(=O)c3ccc(C)cc3C)sc3cc(O)ccc23)cc1. The molecule has 2 aromatic heterocycles. The van der Waals surface area contributed by atoms with Crippen molar-refractivity contribution in [2.24, 2.45) is 0 Å². The van der Waals surface area contributed by atoms with Crippen LogP contribution in [0.3, 0.4) is 0 Å². The number of ether oxygens (including phenoxy) is 2. The zero-order valence-electron chi connectivity index (χ0n) is 37.9. The average molecular weight is 940 g/mol. The van der Waals surface area contributed by atoms with E-state index in [0.29, 0.717) is 39.1 Å². The standard InChI is InChI=1S/C28H29NO3S.C27H26ClNO3S/c1-4-29-14-5-15-32-22-10-7-20(8-11-22)26-24-13-9-21(30)17-25(24)33-28(26)27(31)23-12-6-18(2)16-19(23)3;1-3-29-13-4-14-32-21-10-6-18(7-11-21)25-22-12-9-20(30)16-24(22)33-27(25)26(31)23-15-19(28)8-5-17(23)2/h6-13,16-17,29-30H,4-5,14-15H2,1-3H3;5-12,15-16,29-30H,3-4,13-14H2,1-2H3. The number of thiophene rings is 2. The van der Waals surface area contributed by atoms with Gasteiger partial charge in [0.2, 0.25) is 11.6 Å². The first kappa shape index (κ1) is 47.9. The smallest absolute Gasteiger partial charge is 0.203 e. The third-order valence-electron chi connectivity index (χ3n) is 11.1. The number of benzene rings is 6. The maximum absolute atomic E-state index is 13.6. The highest BCUT2D eigenvalue weighted by Crippen LogP contribution is 2.43. The molecule has 0 fully saturated rings. The van der Waals surface area contributed by atoms with Gasteiger partial charge in [0, 0.05) is 47.4 Å². The fraction of sp³-hybridized carbons (Fsp3) is 0.236. The maximum atomic E-state index is 13.6. The van der Waals surface area contributed by atoms with Crippen molar-refractivity contribution in [3.05, 3.63) is 164 Å². The summed E-state index contributed by atoms with van der Waals surface area (Å²) >= 11 is 9.00. The molecule has 0 spiro atoms. The first-order valence-corrected chi connectivity index (χ1v) is 24.3. The van der Waals surface area contributed by atoms with Crippen LogP contribution in [0.1, 0.15) is 73.8 Å². The lowest BCUT2D eigenvalue weighted by molar-refractivity contribution is 0.103. The fourth-order valence-electron chi connectivity index (χ4n) is 7.78. The third kappa shape index (κ3) is 11.5. The zero-order chi connectivity index (χ0) is 46.7. The molecule has 2 heterocycles. The number of carbonyl (C=O) groups excluding carboxylic acids is 2. The Balaban J connectivity index is 0.000000196. The van der Waals surface area contributed by atoms with E-state index in [1.54, 1.807) is 36.4 Å². The number of aryl methyl sites for hydroxylation is 3. The van der Waals surface area contributed by atoms with Crippen molar-refractivity contribution in [2.45, 2.75) is 47.5 Å². The van der Waals surface area contributed by atoms with Gasteiger partial charge in [0.1, 0.15) is 23.0 Å². The number of phenolic OH excluding ortho intramolecular Hbond substituents is 2. The molecule has 340 valence electrons. The molecule has 11 heteroatoms. The minimum Gasteiger partial charge on any atom is -0.508 e. The van der Waals surface area contributed by atoms with Gasteiger partial charge in [-0.15, -0.1) is 22.7 Å². The average Bonchev–Trinajstić information content (AvgIpc) is 3.88. The molecule has 0 bridgehead atoms. The van der Waals surface area contributed by atoms with Gasteiger partial charge < -0.3 is 30.3 Å². The van der Waals surface area contributed by atoms with Crippen molar-refractivity contribution in [3.63, 3.8) is 0 Å². The molecular formula is C55H55ClN2O6S2. The molecule has 6 aromatic carbocycles. The summed E-state index contributed by atoms with van der Waals surface area (Å²) in [5.74, 6) is 1.92. The van der Waals surface area contributed by atoms with Gasteiger partial charge in [-0.1, -0.05) is 79.5 Å². The van der Waals surface area contributed by atoms with Crippen LogP contribution >= 0.6 is 34.3 Å². The Morgan fingerprint density at radius 3 is 1.52 bits per heavy atom. The summed E-state index contributed by atoms with van der Waals surface area (Å²) in [5, 5.41) is 29.0. The van der Waals surface area contributed by atoms with Crippen LogP contribution in [0.5, 0.6) is 23.0 Å². The second-order valence-corrected chi connectivity index (χ2v) is 18.6. The number of aromatic hydroxyl groups is 2. The van der Waals surface area contributed by atoms with Crippen LogP contribution in [0.25, 0.3) is 42.4 Å². The molecule has 8 nitrogen and oxygen atoms in total. The fourth-order valence-corrected chi connectivity index (χ4v) is 10.4. The van der Waals surface area contributed by atoms with Crippen LogP contribution in [0.4, 0.5) is 0 Å². The zero-order valence-corrected chi connectivity index (χ0v) is 40.3. The highest BCUT2D eigenvalue weighted by atomic mass is 35.5. The number of hydrogen-bond donors (Lipinski definition) is 4. The summed E-state index contributed by atoms with van der Waals surface area (Å²) in [6.07, 6.45) is 1.88. The van der Waals surface area contributed by atoms with Gasteiger partial charge in [-0.25, -0.2) is 0 Å². The van der Waals surface area contributed by atoms with Gasteiger partial charge >= 0.3 is 0 Å². The molecule has 0 unspecified atom stereocenters. The quantitative estimate of drug-likeness (QED) is 0.0496. The van der Waals surface area contributed by atoms with Crippen LogP contribution in [-0.4, -0.2) is 61.2 Å². The number of fused-ring (bicyclic) bond motifs is 2. The van der Waals surface area contributed by atoms with Gasteiger partial charge in [0.25, 0.3) is 0 Å². The molecule has 4 N–H and O–H groups in total. The van der Waals surface area contributed by atoms with E-state index in [9.17, 15) is 19.8 Å². The molecular weight excluding hydrogens is 884 g/mol. The minimum absolute atomic E-state index is 0.00643. The Hall–Kier alpha value is -6.01. The molecule has 0 radical (unpaired) electrons. The highest BCUT2D eigenvalue weighted by molar-refractivity contribution is 7.22. The first-order valence-electron chi connectivity index (χ1n) is 22.3. The molecule has 0 atom stereocenters. The van der Waals surface area contributed by atoms with Crippen LogP contribution < -0.4 is 20.1 Å². The third-order valence-corrected chi connectivity index (χ3v) is 13.7. The van der Waals surface area contributed by atoms with Crippen LogP contribution in [-0.2, 0) is 0 Å². The van der Waals surface area contributed by atoms with Gasteiger partial charge in [0.15, 0.2) is 0 Å². The Labute approximate surface area is 399 Å². The van der Waals surface area contributed by atoms with Crippen LogP contribution in [0, 0.1) is 20.8 Å². The van der Waals surface area contributed by atoms with Crippen molar-refractivity contribution >= 4 is 66.0 Å². The number of rotatable bonds is 18. The lowest BCUT2D eigenvalue weighted by atomic mass is 9.95. The Bertz CT molecular complexity index is 2960. The van der Waals surface area contributed by atoms with E-state index in [-0.39, 0.29) is 23.1 Å². The first-order chi connectivity index (χ1) is 31.9. The number of carbonyl (C=O) groups is 2. The normalized spacial score (nSPS) is 11.1. The topological polar surface area (TPSA) is 117 Å². The minimum atomic E-state index is -0.0746. The number of nitrogens with one attached hydrogen (secondary N) is 2. The van der Waals surface area contributed by atoms with Crippen LogP contribution in [0.2, 0.25) is 5.02 Å².